The van der Waals surface area contributed by atoms with Crippen LogP contribution in [0.15, 0.2) is 60.7 Å². The third kappa shape index (κ3) is 1.85. The molecule has 0 fully saturated rings. The summed E-state index contributed by atoms with van der Waals surface area (Å²) in [5, 5.41) is 0. The van der Waals surface area contributed by atoms with Gasteiger partial charge in [0.15, 0.2) is 11.4 Å². The maximum Gasteiger partial charge on any atom is 0.170 e. The fourth-order valence-electron chi connectivity index (χ4n) is 1.78. The van der Waals surface area contributed by atoms with Crippen LogP contribution in [0, 0.1) is 0 Å². The van der Waals surface area contributed by atoms with Crippen LogP contribution in [0.3, 0.4) is 0 Å². The number of rotatable bonds is 3. The highest BCUT2D eigenvalue weighted by atomic mass is 16.7. The first-order valence-electron chi connectivity index (χ1n) is 5.31. The zero-order chi connectivity index (χ0) is 11.4. The van der Waals surface area contributed by atoms with E-state index in [-0.39, 0.29) is 0 Å². The number of nitrogens with zero attached hydrogens (tertiary/aromatic N) is 1. The zero-order valence-electron chi connectivity index (χ0n) is 9.63. The Labute approximate surface area is 96.3 Å². The minimum absolute atomic E-state index is 0.349. The van der Waals surface area contributed by atoms with Crippen molar-refractivity contribution in [3.8, 4) is 0 Å². The molecule has 0 unspecified atom stereocenters. The normalized spacial score (nSPS) is 11.4. The molecule has 0 radical (unpaired) electrons. The van der Waals surface area contributed by atoms with Crippen LogP contribution in [0.1, 0.15) is 0 Å². The van der Waals surface area contributed by atoms with Gasteiger partial charge < -0.3 is 0 Å². The number of hydrogen-bond acceptors (Lipinski definition) is 1. The molecule has 82 valence electrons. The summed E-state index contributed by atoms with van der Waals surface area (Å²) in [5.41, 5.74) is 2.22. The molecule has 2 aromatic carbocycles. The molecule has 0 saturated carbocycles. The van der Waals surface area contributed by atoms with Gasteiger partial charge in [-0.2, -0.15) is 4.84 Å². The predicted molar refractivity (Wildman–Crippen MR) is 67.3 cm³/mol. The van der Waals surface area contributed by atoms with Gasteiger partial charge in [-0.1, -0.05) is 36.4 Å². The Morgan fingerprint density at radius 1 is 0.750 bits per heavy atom. The van der Waals surface area contributed by atoms with Gasteiger partial charge in [0.25, 0.3) is 0 Å². The Morgan fingerprint density at radius 3 is 1.44 bits per heavy atom. The third-order valence-corrected chi connectivity index (χ3v) is 2.86. The lowest BCUT2D eigenvalue weighted by atomic mass is 10.2. The van der Waals surface area contributed by atoms with E-state index in [1.165, 1.54) is 0 Å². The first-order chi connectivity index (χ1) is 7.77. The number of quaternary nitrogens is 1. The number of para-hydroxylation sites is 2. The molecule has 0 saturated heterocycles. The van der Waals surface area contributed by atoms with Crippen LogP contribution in [0.5, 0.6) is 0 Å². The predicted octanol–water partition coefficient (Wildman–Crippen LogP) is 3.52. The van der Waals surface area contributed by atoms with Crippen LogP contribution in [-0.2, 0) is 4.84 Å². The van der Waals surface area contributed by atoms with E-state index in [9.17, 15) is 0 Å². The Morgan fingerprint density at radius 2 is 1.12 bits per heavy atom. The van der Waals surface area contributed by atoms with Gasteiger partial charge >= 0.3 is 0 Å². The van der Waals surface area contributed by atoms with E-state index in [0.717, 1.165) is 11.4 Å². The average molecular weight is 214 g/mol. The molecule has 2 aromatic rings. The molecule has 2 heteroatoms. The molecule has 0 aliphatic carbocycles. The molecule has 0 bridgehead atoms. The van der Waals surface area contributed by atoms with Crippen LogP contribution in [0.4, 0.5) is 11.4 Å². The van der Waals surface area contributed by atoms with Gasteiger partial charge in [0, 0.05) is 24.3 Å². The van der Waals surface area contributed by atoms with Crippen molar-refractivity contribution in [1.29, 1.82) is 0 Å². The van der Waals surface area contributed by atoms with E-state index in [1.54, 1.807) is 7.11 Å². The lowest BCUT2D eigenvalue weighted by Gasteiger charge is -2.28. The van der Waals surface area contributed by atoms with Gasteiger partial charge in [0.2, 0.25) is 0 Å². The van der Waals surface area contributed by atoms with Crippen molar-refractivity contribution < 1.29 is 4.84 Å². The van der Waals surface area contributed by atoms with Gasteiger partial charge in [-0.05, 0) is 0 Å². The van der Waals surface area contributed by atoms with Crippen LogP contribution < -0.4 is 4.65 Å². The molecule has 16 heavy (non-hydrogen) atoms. The van der Waals surface area contributed by atoms with Gasteiger partial charge in [0.05, 0.1) is 7.11 Å². The van der Waals surface area contributed by atoms with Gasteiger partial charge in [0.1, 0.15) is 7.05 Å². The Bertz CT molecular complexity index is 399. The van der Waals surface area contributed by atoms with Gasteiger partial charge in [-0.3, -0.25) is 0 Å². The summed E-state index contributed by atoms with van der Waals surface area (Å²) in [6.45, 7) is 0. The summed E-state index contributed by atoms with van der Waals surface area (Å²) in [4.78, 5) is 5.65. The SMILES string of the molecule is CO[N+](C)(c1ccccc1)c1ccccc1. The smallest absolute Gasteiger partial charge is 0.170 e. The van der Waals surface area contributed by atoms with Crippen molar-refractivity contribution in [2.45, 2.75) is 0 Å². The van der Waals surface area contributed by atoms with Crippen LogP contribution in [0.25, 0.3) is 0 Å². The molecule has 2 rings (SSSR count). The molecular formula is C14H16NO+. The van der Waals surface area contributed by atoms with Crippen LogP contribution in [-0.4, -0.2) is 14.2 Å². The lowest BCUT2D eigenvalue weighted by Crippen LogP contribution is -2.38. The summed E-state index contributed by atoms with van der Waals surface area (Å²) < 4.78 is 0.349. The summed E-state index contributed by atoms with van der Waals surface area (Å²) in [5.74, 6) is 0. The first kappa shape index (κ1) is 10.9. The van der Waals surface area contributed by atoms with Crippen molar-refractivity contribution >= 4 is 11.4 Å². The largest absolute Gasteiger partial charge is 0.196 e. The summed E-state index contributed by atoms with van der Waals surface area (Å²) in [6.07, 6.45) is 0. The highest BCUT2D eigenvalue weighted by molar-refractivity contribution is 5.54. The molecule has 2 nitrogen and oxygen atoms in total. The van der Waals surface area contributed by atoms with Crippen molar-refractivity contribution in [2.75, 3.05) is 14.2 Å². The minimum atomic E-state index is 0.349. The zero-order valence-corrected chi connectivity index (χ0v) is 9.63. The summed E-state index contributed by atoms with van der Waals surface area (Å²) in [7, 11) is 3.75. The fraction of sp³-hybridized carbons (Fsp3) is 0.143. The lowest BCUT2D eigenvalue weighted by molar-refractivity contribution is -0.0487. The Kier molecular flexibility index (Phi) is 3.04. The molecular weight excluding hydrogens is 198 g/mol. The van der Waals surface area contributed by atoms with Gasteiger partial charge in [-0.15, -0.1) is 4.65 Å². The monoisotopic (exact) mass is 214 g/mol. The van der Waals surface area contributed by atoms with E-state index < -0.39 is 0 Å². The third-order valence-electron chi connectivity index (χ3n) is 2.86. The Hall–Kier alpha value is -1.64. The number of hydrogen-bond donors (Lipinski definition) is 0. The molecule has 0 aromatic heterocycles. The summed E-state index contributed by atoms with van der Waals surface area (Å²) >= 11 is 0. The van der Waals surface area contributed by atoms with Crippen LogP contribution in [0.2, 0.25) is 0 Å². The average Bonchev–Trinajstić information content (AvgIpc) is 2.40. The number of benzene rings is 2. The summed E-state index contributed by atoms with van der Waals surface area (Å²) in [6, 6.07) is 20.4. The van der Waals surface area contributed by atoms with Crippen LogP contribution >= 0.6 is 0 Å². The van der Waals surface area contributed by atoms with Crippen molar-refractivity contribution in [3.63, 3.8) is 0 Å². The van der Waals surface area contributed by atoms with E-state index in [0.29, 0.717) is 4.65 Å². The van der Waals surface area contributed by atoms with Crippen molar-refractivity contribution in [2.24, 2.45) is 0 Å². The molecule has 0 aliphatic rings. The van der Waals surface area contributed by atoms with E-state index in [1.807, 2.05) is 43.4 Å². The highest BCUT2D eigenvalue weighted by Gasteiger charge is 2.28. The second kappa shape index (κ2) is 4.47. The topological polar surface area (TPSA) is 9.23 Å². The standard InChI is InChI=1S/C14H16NO/c1-15(16-2,13-9-5-3-6-10-13)14-11-7-4-8-12-14/h3-12H,1-2H3/q+1. The first-order valence-corrected chi connectivity index (χ1v) is 5.31. The second-order valence-corrected chi connectivity index (χ2v) is 3.78. The molecule has 0 spiro atoms. The molecule has 0 heterocycles. The Balaban J connectivity index is 2.49. The van der Waals surface area contributed by atoms with Gasteiger partial charge in [-0.25, -0.2) is 0 Å². The second-order valence-electron chi connectivity index (χ2n) is 3.78. The maximum absolute atomic E-state index is 5.65. The van der Waals surface area contributed by atoms with E-state index in [2.05, 4.69) is 24.3 Å². The molecule has 0 amide bonds. The number of hydroxylamine groups is 1. The highest BCUT2D eigenvalue weighted by Crippen LogP contribution is 2.31. The quantitative estimate of drug-likeness (QED) is 0.561. The van der Waals surface area contributed by atoms with Crippen molar-refractivity contribution in [1.82, 2.24) is 4.65 Å². The maximum atomic E-state index is 5.65. The minimum Gasteiger partial charge on any atom is -0.196 e. The van der Waals surface area contributed by atoms with Crippen molar-refractivity contribution in [3.05, 3.63) is 60.7 Å². The van der Waals surface area contributed by atoms with E-state index >= 15 is 0 Å². The fourth-order valence-corrected chi connectivity index (χ4v) is 1.78. The van der Waals surface area contributed by atoms with E-state index in [4.69, 9.17) is 4.84 Å². The molecule has 0 N–H and O–H groups in total. The molecule has 0 aliphatic heterocycles. The molecule has 0 atom stereocenters.